The normalized spacial score (nSPS) is 22.7. The second-order valence-electron chi connectivity index (χ2n) is 5.71. The molecule has 1 aromatic rings. The minimum absolute atomic E-state index is 0.493. The Bertz CT molecular complexity index is 440. The first-order valence-corrected chi connectivity index (χ1v) is 7.15. The van der Waals surface area contributed by atoms with E-state index in [9.17, 15) is 0 Å². The molecular weight excluding hydrogens is 246 g/mol. The van der Waals surface area contributed by atoms with Crippen molar-refractivity contribution in [2.75, 3.05) is 31.2 Å². The molecule has 2 aliphatic heterocycles. The van der Waals surface area contributed by atoms with E-state index in [0.29, 0.717) is 5.41 Å². The zero-order valence-electron chi connectivity index (χ0n) is 10.9. The van der Waals surface area contributed by atoms with Gasteiger partial charge in [0.05, 0.1) is 0 Å². The van der Waals surface area contributed by atoms with Crippen LogP contribution in [0.4, 0.5) is 5.69 Å². The molecule has 2 heterocycles. The third-order valence-corrected chi connectivity index (χ3v) is 4.74. The summed E-state index contributed by atoms with van der Waals surface area (Å²) >= 11 is 6.13. The Morgan fingerprint density at radius 1 is 1.22 bits per heavy atom. The predicted molar refractivity (Wildman–Crippen MR) is 75.5 cm³/mol. The Balaban J connectivity index is 1.80. The molecule has 0 aromatic heterocycles. The van der Waals surface area contributed by atoms with E-state index in [0.717, 1.165) is 31.3 Å². The number of aryl methyl sites for hydroxylation is 1. The minimum Gasteiger partial charge on any atom is -0.381 e. The summed E-state index contributed by atoms with van der Waals surface area (Å²) in [6.07, 6.45) is 3.72. The Hall–Kier alpha value is -0.730. The van der Waals surface area contributed by atoms with E-state index in [1.54, 1.807) is 0 Å². The summed E-state index contributed by atoms with van der Waals surface area (Å²) < 4.78 is 5.50. The average Bonchev–Trinajstić information content (AvgIpc) is 2.77. The Kier molecular flexibility index (Phi) is 3.25. The van der Waals surface area contributed by atoms with Crippen LogP contribution in [0.15, 0.2) is 18.2 Å². The second kappa shape index (κ2) is 4.75. The summed E-state index contributed by atoms with van der Waals surface area (Å²) in [6.45, 7) is 6.35. The molecular formula is C15H20ClNO. The van der Waals surface area contributed by atoms with Crippen LogP contribution in [0.2, 0.25) is 5.02 Å². The SMILES string of the molecule is Cc1ccc(Cl)cc1N1CCC2(CCOCC2)C1. The van der Waals surface area contributed by atoms with E-state index < -0.39 is 0 Å². The first-order chi connectivity index (χ1) is 8.69. The maximum Gasteiger partial charge on any atom is 0.0472 e. The van der Waals surface area contributed by atoms with Gasteiger partial charge < -0.3 is 9.64 Å². The molecule has 18 heavy (non-hydrogen) atoms. The number of nitrogens with zero attached hydrogens (tertiary/aromatic N) is 1. The lowest BCUT2D eigenvalue weighted by molar-refractivity contribution is 0.0254. The van der Waals surface area contributed by atoms with Gasteiger partial charge in [-0.05, 0) is 49.3 Å². The maximum absolute atomic E-state index is 6.13. The standard InChI is InChI=1S/C15H20ClNO/c1-12-2-3-13(16)10-14(12)17-7-4-15(11-17)5-8-18-9-6-15/h2-3,10H,4-9,11H2,1H3. The van der Waals surface area contributed by atoms with Crippen molar-refractivity contribution in [1.82, 2.24) is 0 Å². The van der Waals surface area contributed by atoms with Crippen molar-refractivity contribution in [2.24, 2.45) is 5.41 Å². The number of hydrogen-bond acceptors (Lipinski definition) is 2. The van der Waals surface area contributed by atoms with E-state index in [-0.39, 0.29) is 0 Å². The van der Waals surface area contributed by atoms with Gasteiger partial charge in [0.2, 0.25) is 0 Å². The fourth-order valence-electron chi connectivity index (χ4n) is 3.28. The first kappa shape index (κ1) is 12.3. The summed E-state index contributed by atoms with van der Waals surface area (Å²) in [5.41, 5.74) is 3.13. The van der Waals surface area contributed by atoms with E-state index in [2.05, 4.69) is 24.0 Å². The molecule has 0 aliphatic carbocycles. The third-order valence-electron chi connectivity index (χ3n) is 4.50. The number of benzene rings is 1. The highest BCUT2D eigenvalue weighted by Crippen LogP contribution is 2.42. The number of rotatable bonds is 1. The molecule has 98 valence electrons. The van der Waals surface area contributed by atoms with Gasteiger partial charge in [-0.15, -0.1) is 0 Å². The number of hydrogen-bond donors (Lipinski definition) is 0. The van der Waals surface area contributed by atoms with Crippen LogP contribution in [0, 0.1) is 12.3 Å². The maximum atomic E-state index is 6.13. The van der Waals surface area contributed by atoms with E-state index in [4.69, 9.17) is 16.3 Å². The Morgan fingerprint density at radius 3 is 2.78 bits per heavy atom. The van der Waals surface area contributed by atoms with Crippen molar-refractivity contribution in [3.05, 3.63) is 28.8 Å². The molecule has 1 spiro atoms. The van der Waals surface area contributed by atoms with Gasteiger partial charge in [0, 0.05) is 37.0 Å². The van der Waals surface area contributed by atoms with Crippen LogP contribution in [-0.4, -0.2) is 26.3 Å². The molecule has 0 N–H and O–H groups in total. The van der Waals surface area contributed by atoms with E-state index in [1.165, 1.54) is 30.5 Å². The molecule has 2 fully saturated rings. The van der Waals surface area contributed by atoms with Gasteiger partial charge in [-0.2, -0.15) is 0 Å². The van der Waals surface area contributed by atoms with Crippen LogP contribution < -0.4 is 4.90 Å². The van der Waals surface area contributed by atoms with Crippen molar-refractivity contribution in [1.29, 1.82) is 0 Å². The lowest BCUT2D eigenvalue weighted by Gasteiger charge is -2.33. The first-order valence-electron chi connectivity index (χ1n) is 6.77. The molecule has 2 nitrogen and oxygen atoms in total. The number of ether oxygens (including phenoxy) is 1. The topological polar surface area (TPSA) is 12.5 Å². The quantitative estimate of drug-likeness (QED) is 0.768. The molecule has 0 atom stereocenters. The lowest BCUT2D eigenvalue weighted by atomic mass is 9.80. The molecule has 2 saturated heterocycles. The fourth-order valence-corrected chi connectivity index (χ4v) is 3.44. The van der Waals surface area contributed by atoms with Crippen LogP contribution in [0.3, 0.4) is 0 Å². The summed E-state index contributed by atoms with van der Waals surface area (Å²) in [4.78, 5) is 2.51. The second-order valence-corrected chi connectivity index (χ2v) is 6.15. The van der Waals surface area contributed by atoms with Gasteiger partial charge in [0.25, 0.3) is 0 Å². The Labute approximate surface area is 114 Å². The minimum atomic E-state index is 0.493. The molecule has 0 saturated carbocycles. The molecule has 3 heteroatoms. The summed E-state index contributed by atoms with van der Waals surface area (Å²) in [6, 6.07) is 6.20. The van der Waals surface area contributed by atoms with Crippen molar-refractivity contribution in [3.63, 3.8) is 0 Å². The highest BCUT2D eigenvalue weighted by atomic mass is 35.5. The van der Waals surface area contributed by atoms with Crippen molar-refractivity contribution >= 4 is 17.3 Å². The van der Waals surface area contributed by atoms with Crippen LogP contribution in [0.1, 0.15) is 24.8 Å². The fraction of sp³-hybridized carbons (Fsp3) is 0.600. The van der Waals surface area contributed by atoms with Gasteiger partial charge in [0.15, 0.2) is 0 Å². The molecule has 2 aliphatic rings. The average molecular weight is 266 g/mol. The van der Waals surface area contributed by atoms with Crippen molar-refractivity contribution in [3.8, 4) is 0 Å². The van der Waals surface area contributed by atoms with Gasteiger partial charge in [-0.25, -0.2) is 0 Å². The van der Waals surface area contributed by atoms with Gasteiger partial charge in [-0.3, -0.25) is 0 Å². The van der Waals surface area contributed by atoms with Crippen molar-refractivity contribution < 1.29 is 4.74 Å². The molecule has 0 bridgehead atoms. The molecule has 0 radical (unpaired) electrons. The van der Waals surface area contributed by atoms with E-state index in [1.807, 2.05) is 6.07 Å². The highest BCUT2D eigenvalue weighted by Gasteiger charge is 2.39. The van der Waals surface area contributed by atoms with Gasteiger partial charge >= 0.3 is 0 Å². The van der Waals surface area contributed by atoms with Crippen molar-refractivity contribution in [2.45, 2.75) is 26.2 Å². The molecule has 0 unspecified atom stereocenters. The van der Waals surface area contributed by atoms with Crippen LogP contribution in [-0.2, 0) is 4.74 Å². The highest BCUT2D eigenvalue weighted by molar-refractivity contribution is 6.30. The van der Waals surface area contributed by atoms with Crippen LogP contribution in [0.5, 0.6) is 0 Å². The molecule has 1 aromatic carbocycles. The third kappa shape index (κ3) is 2.24. The van der Waals surface area contributed by atoms with E-state index >= 15 is 0 Å². The van der Waals surface area contributed by atoms with Crippen LogP contribution in [0.25, 0.3) is 0 Å². The zero-order chi connectivity index (χ0) is 12.6. The van der Waals surface area contributed by atoms with Gasteiger partial charge in [-0.1, -0.05) is 17.7 Å². The largest absolute Gasteiger partial charge is 0.381 e. The smallest absolute Gasteiger partial charge is 0.0472 e. The van der Waals surface area contributed by atoms with Crippen LogP contribution >= 0.6 is 11.6 Å². The summed E-state index contributed by atoms with van der Waals surface area (Å²) in [5, 5.41) is 0.837. The summed E-state index contributed by atoms with van der Waals surface area (Å²) in [5.74, 6) is 0. The monoisotopic (exact) mass is 265 g/mol. The number of anilines is 1. The molecule has 3 rings (SSSR count). The summed E-state index contributed by atoms with van der Waals surface area (Å²) in [7, 11) is 0. The zero-order valence-corrected chi connectivity index (χ0v) is 11.7. The Morgan fingerprint density at radius 2 is 2.00 bits per heavy atom. The van der Waals surface area contributed by atoms with Gasteiger partial charge in [0.1, 0.15) is 0 Å². The predicted octanol–water partition coefficient (Wildman–Crippen LogP) is 3.66. The number of halogens is 1. The lowest BCUT2D eigenvalue weighted by Crippen LogP contribution is -2.33. The molecule has 0 amide bonds.